The van der Waals surface area contributed by atoms with Crippen molar-refractivity contribution in [1.29, 1.82) is 0 Å². The second-order valence-electron chi connectivity index (χ2n) is 14.7. The Labute approximate surface area is 244 Å². The van der Waals surface area contributed by atoms with Crippen molar-refractivity contribution in [2.45, 2.75) is 104 Å². The average Bonchev–Trinajstić information content (AvgIpc) is 3.03. The summed E-state index contributed by atoms with van der Waals surface area (Å²) >= 11 is 4.00. The van der Waals surface area contributed by atoms with E-state index >= 15 is 0 Å². The first-order chi connectivity index (χ1) is 17.4. The van der Waals surface area contributed by atoms with Crippen LogP contribution in [0.4, 0.5) is 0 Å². The number of halogens is 1. The summed E-state index contributed by atoms with van der Waals surface area (Å²) in [6, 6.07) is 10.4. The van der Waals surface area contributed by atoms with Gasteiger partial charge < -0.3 is 13.6 Å². The van der Waals surface area contributed by atoms with Crippen molar-refractivity contribution in [3.63, 3.8) is 0 Å². The van der Waals surface area contributed by atoms with Crippen LogP contribution in [0.5, 0.6) is 0 Å². The van der Waals surface area contributed by atoms with Crippen LogP contribution in [0.3, 0.4) is 0 Å². The number of rotatable bonds is 9. The molecule has 2 aliphatic carbocycles. The molecule has 214 valence electrons. The molecule has 1 saturated carbocycles. The highest BCUT2D eigenvalue weighted by molar-refractivity contribution is 9.11. The van der Waals surface area contributed by atoms with Crippen molar-refractivity contribution in [3.05, 3.63) is 59.1 Å². The van der Waals surface area contributed by atoms with Crippen molar-refractivity contribution >= 4 is 32.6 Å². The first-order valence-electron chi connectivity index (χ1n) is 14.4. The highest BCUT2D eigenvalue weighted by Crippen LogP contribution is 2.56. The first kappa shape index (κ1) is 32.0. The van der Waals surface area contributed by atoms with E-state index in [0.717, 1.165) is 0 Å². The Morgan fingerprint density at radius 1 is 0.895 bits per heavy atom. The van der Waals surface area contributed by atoms with E-state index in [4.69, 9.17) is 13.6 Å². The molecular weight excluding hydrogens is 568 g/mol. The lowest BCUT2D eigenvalue weighted by molar-refractivity contribution is 0.0344. The van der Waals surface area contributed by atoms with E-state index in [1.165, 1.54) is 10.0 Å². The molecule has 0 N–H and O–H groups in total. The first-order valence-corrected chi connectivity index (χ1v) is 21.0. The van der Waals surface area contributed by atoms with Crippen LogP contribution in [-0.2, 0) is 20.2 Å². The maximum atomic E-state index is 7.31. The van der Waals surface area contributed by atoms with Crippen molar-refractivity contribution in [2.24, 2.45) is 29.6 Å². The molecule has 0 aromatic heterocycles. The third-order valence-electron chi connectivity index (χ3n) is 10.0. The monoisotopic (exact) mass is 620 g/mol. The van der Waals surface area contributed by atoms with Gasteiger partial charge in [-0.25, -0.2) is 0 Å². The molecule has 6 heteroatoms. The van der Waals surface area contributed by atoms with Gasteiger partial charge in [-0.3, -0.25) is 0 Å². The van der Waals surface area contributed by atoms with E-state index in [1.807, 2.05) is 6.07 Å². The number of benzene rings is 1. The summed E-state index contributed by atoms with van der Waals surface area (Å²) in [7, 11) is -3.99. The van der Waals surface area contributed by atoms with E-state index < -0.39 is 16.6 Å². The van der Waals surface area contributed by atoms with Crippen LogP contribution in [0.25, 0.3) is 0 Å². The second kappa shape index (κ2) is 11.8. The van der Waals surface area contributed by atoms with E-state index in [-0.39, 0.29) is 40.0 Å². The zero-order valence-corrected chi connectivity index (χ0v) is 29.4. The lowest BCUT2D eigenvalue weighted by Crippen LogP contribution is -2.48. The molecule has 0 amide bonds. The van der Waals surface area contributed by atoms with Gasteiger partial charge in [0.25, 0.3) is 0 Å². The van der Waals surface area contributed by atoms with Gasteiger partial charge in [-0.2, -0.15) is 0 Å². The van der Waals surface area contributed by atoms with Gasteiger partial charge >= 0.3 is 0 Å². The molecule has 1 aromatic rings. The van der Waals surface area contributed by atoms with Crippen molar-refractivity contribution in [2.75, 3.05) is 6.61 Å². The van der Waals surface area contributed by atoms with Crippen molar-refractivity contribution in [3.8, 4) is 0 Å². The third-order valence-corrected chi connectivity index (χ3v) is 19.8. The highest BCUT2D eigenvalue weighted by Gasteiger charge is 2.58. The van der Waals surface area contributed by atoms with E-state index in [9.17, 15) is 0 Å². The lowest BCUT2D eigenvalue weighted by atomic mass is 9.71. The molecule has 7 atom stereocenters. The summed E-state index contributed by atoms with van der Waals surface area (Å²) in [6.07, 6.45) is 4.89. The molecule has 0 bridgehead atoms. The molecule has 3 nitrogen and oxygen atoms in total. The number of hydrogen-bond donors (Lipinski definition) is 0. The quantitative estimate of drug-likeness (QED) is 0.203. The maximum absolute atomic E-state index is 7.31. The molecule has 3 rings (SSSR count). The van der Waals surface area contributed by atoms with E-state index in [1.54, 1.807) is 0 Å². The Balaban J connectivity index is 1.97. The van der Waals surface area contributed by atoms with Crippen LogP contribution < -0.4 is 0 Å². The van der Waals surface area contributed by atoms with Gasteiger partial charge in [-0.05, 0) is 58.1 Å². The number of hydrogen-bond acceptors (Lipinski definition) is 3. The van der Waals surface area contributed by atoms with Crippen LogP contribution in [0.1, 0.15) is 54.0 Å². The molecule has 0 radical (unpaired) electrons. The Hall–Kier alpha value is -0.506. The van der Waals surface area contributed by atoms with Gasteiger partial charge in [0, 0.05) is 17.8 Å². The minimum absolute atomic E-state index is 0.132. The maximum Gasteiger partial charge on any atom is 0.192 e. The lowest BCUT2D eigenvalue weighted by Gasteiger charge is -2.44. The summed E-state index contributed by atoms with van der Waals surface area (Å²) in [6.45, 7) is 31.5. The molecular formula is C32H53BrO3Si2. The van der Waals surface area contributed by atoms with E-state index in [2.05, 4.69) is 134 Å². The minimum Gasteiger partial charge on any atom is -0.413 e. The standard InChI is InChI=1S/C32H53BrO3Si2/c1-13-24-26(21-34-20-23-17-15-14-16-18-23)27(33)19-25-28(24)30(36-38(11,12)32(6,7)8)22(2)29(25)35-37(9,10)31(3,4)5/h13-19,22,24-26,28-30H,1,20-21H2,2-12H3/t22-,24-,25-,26-,28+,29-,30+/m0/s1. The minimum atomic E-state index is -2.01. The molecule has 0 spiro atoms. The normalized spacial score (nSPS) is 30.6. The predicted molar refractivity (Wildman–Crippen MR) is 171 cm³/mol. The SMILES string of the molecule is C=C[C@@H]1[C@@H]2[C@H](C=C(Br)[C@H]1COCc1ccccc1)[C@@H](O[Si](C)(C)C(C)(C)C)[C@H](C)[C@H]2O[Si](C)(C)C(C)(C)C. The van der Waals surface area contributed by atoms with Crippen molar-refractivity contribution < 1.29 is 13.6 Å². The fraction of sp³-hybridized carbons (Fsp3) is 0.688. The van der Waals surface area contributed by atoms with Gasteiger partial charge in [-0.15, -0.1) is 6.58 Å². The molecule has 1 aromatic carbocycles. The van der Waals surface area contributed by atoms with Crippen molar-refractivity contribution in [1.82, 2.24) is 0 Å². The van der Waals surface area contributed by atoms with Crippen LogP contribution in [0, 0.1) is 29.6 Å². The second-order valence-corrected chi connectivity index (χ2v) is 25.1. The highest BCUT2D eigenvalue weighted by atomic mass is 79.9. The molecule has 0 heterocycles. The zero-order valence-electron chi connectivity index (χ0n) is 25.8. The van der Waals surface area contributed by atoms with Gasteiger partial charge in [0.2, 0.25) is 0 Å². The summed E-state index contributed by atoms with van der Waals surface area (Å²) in [4.78, 5) is 0. The van der Waals surface area contributed by atoms with Gasteiger partial charge in [-0.1, -0.05) is 107 Å². The van der Waals surface area contributed by atoms with Gasteiger partial charge in [0.05, 0.1) is 25.4 Å². The summed E-state index contributed by atoms with van der Waals surface area (Å²) in [5, 5.41) is 0.301. The molecule has 0 aliphatic heterocycles. The predicted octanol–water partition coefficient (Wildman–Crippen LogP) is 9.58. The largest absolute Gasteiger partial charge is 0.413 e. The smallest absolute Gasteiger partial charge is 0.192 e. The number of ether oxygens (including phenoxy) is 1. The van der Waals surface area contributed by atoms with Gasteiger partial charge in [0.1, 0.15) is 0 Å². The fourth-order valence-electron chi connectivity index (χ4n) is 5.56. The number of fused-ring (bicyclic) bond motifs is 1. The molecule has 0 saturated heterocycles. The Morgan fingerprint density at radius 2 is 1.42 bits per heavy atom. The van der Waals surface area contributed by atoms with Crippen LogP contribution in [0.2, 0.25) is 36.3 Å². The molecule has 0 unspecified atom stereocenters. The molecule has 2 aliphatic rings. The van der Waals surface area contributed by atoms with Crippen LogP contribution in [-0.4, -0.2) is 35.4 Å². The fourth-order valence-corrected chi connectivity index (χ4v) is 9.12. The van der Waals surface area contributed by atoms with Crippen LogP contribution in [0.15, 0.2) is 53.5 Å². The summed E-state index contributed by atoms with van der Waals surface area (Å²) in [5.41, 5.74) is 1.20. The Kier molecular flexibility index (Phi) is 9.92. The van der Waals surface area contributed by atoms with E-state index in [0.29, 0.717) is 25.0 Å². The number of allylic oxidation sites excluding steroid dienone is 1. The average molecular weight is 622 g/mol. The van der Waals surface area contributed by atoms with Gasteiger partial charge in [0.15, 0.2) is 16.6 Å². The summed E-state index contributed by atoms with van der Waals surface area (Å²) in [5.74, 6) is 1.38. The summed E-state index contributed by atoms with van der Waals surface area (Å²) < 4.78 is 22.1. The zero-order chi connectivity index (χ0) is 28.7. The topological polar surface area (TPSA) is 27.7 Å². The molecule has 1 fully saturated rings. The Morgan fingerprint density at radius 3 is 1.92 bits per heavy atom. The van der Waals surface area contributed by atoms with Crippen LogP contribution >= 0.6 is 15.9 Å². The third kappa shape index (κ3) is 6.68. The molecule has 38 heavy (non-hydrogen) atoms. The Bertz CT molecular complexity index is 977.